The third kappa shape index (κ3) is 7.07. The molecule has 0 saturated carbocycles. The predicted molar refractivity (Wildman–Crippen MR) is 100.0 cm³/mol. The molecular weight excluding hydrogens is 352 g/mol. The lowest BCUT2D eigenvalue weighted by Crippen LogP contribution is -2.58. The maximum Gasteiger partial charge on any atom is 0.186 e. The molecule has 4 N–H and O–H groups in total. The van der Waals surface area contributed by atoms with E-state index < -0.39 is 30.7 Å². The smallest absolute Gasteiger partial charge is 0.186 e. The van der Waals surface area contributed by atoms with Gasteiger partial charge >= 0.3 is 0 Å². The highest BCUT2D eigenvalue weighted by atomic mass is 32.2. The van der Waals surface area contributed by atoms with Crippen LogP contribution in [0.5, 0.6) is 0 Å². The second-order valence-corrected chi connectivity index (χ2v) is 7.04. The highest BCUT2D eigenvalue weighted by molar-refractivity contribution is 7.99. The Kier molecular flexibility index (Phi) is 11.3. The summed E-state index contributed by atoms with van der Waals surface area (Å²) in [6.07, 6.45) is -2.34. The highest BCUT2D eigenvalue weighted by Gasteiger charge is 2.44. The fraction of sp³-hybridized carbons (Fsp3) is 0.933. The Morgan fingerprint density at radius 1 is 1.33 bits per heavy atom. The van der Waals surface area contributed by atoms with Crippen molar-refractivity contribution in [2.45, 2.75) is 50.5 Å². The summed E-state index contributed by atoms with van der Waals surface area (Å²) in [4.78, 5) is 4.16. The fourth-order valence-electron chi connectivity index (χ4n) is 2.40. The minimum atomic E-state index is -1.01. The van der Waals surface area contributed by atoms with Crippen molar-refractivity contribution in [3.63, 3.8) is 0 Å². The summed E-state index contributed by atoms with van der Waals surface area (Å²) in [5.74, 6) is 2.84. The van der Waals surface area contributed by atoms with E-state index in [1.165, 1.54) is 7.11 Å². The van der Waals surface area contributed by atoms with Crippen LogP contribution in [0.2, 0.25) is 0 Å². The number of methoxy groups -OCH3 is 1. The van der Waals surface area contributed by atoms with Crippen LogP contribution in [0.1, 0.15) is 19.8 Å². The van der Waals surface area contributed by atoms with Crippen LogP contribution in [0, 0.1) is 0 Å². The van der Waals surface area contributed by atoms with Crippen LogP contribution in [0.25, 0.3) is 0 Å². The van der Waals surface area contributed by atoms with Gasteiger partial charge in [0.15, 0.2) is 6.29 Å². The molecule has 1 aliphatic heterocycles. The lowest BCUT2D eigenvalue weighted by molar-refractivity contribution is -0.299. The summed E-state index contributed by atoms with van der Waals surface area (Å²) < 4.78 is 16.6. The minimum absolute atomic E-state index is 0.439. The molecule has 1 saturated heterocycles. The molecule has 1 rings (SSSR count). The van der Waals surface area contributed by atoms with Crippen molar-refractivity contribution < 1.29 is 24.4 Å². The first-order valence-electron chi connectivity index (χ1n) is 8.18. The highest BCUT2D eigenvalue weighted by Crippen LogP contribution is 2.25. The number of hydrogen-bond donors (Lipinski definition) is 4. The molecule has 0 bridgehead atoms. The topological polar surface area (TPSA) is 107 Å². The molecule has 0 aromatic carbocycles. The first kappa shape index (κ1) is 22.0. The molecule has 0 aromatic heterocycles. The van der Waals surface area contributed by atoms with Gasteiger partial charge in [-0.3, -0.25) is 4.99 Å². The molecule has 9 heteroatoms. The van der Waals surface area contributed by atoms with Gasteiger partial charge in [0, 0.05) is 31.8 Å². The molecule has 1 fully saturated rings. The molecule has 0 amide bonds. The van der Waals surface area contributed by atoms with Gasteiger partial charge in [0.1, 0.15) is 24.1 Å². The average molecular weight is 383 g/mol. The normalized spacial score (nSPS) is 31.4. The van der Waals surface area contributed by atoms with Gasteiger partial charge in [-0.1, -0.05) is 6.92 Å². The lowest BCUT2D eigenvalue weighted by atomic mass is 9.97. The van der Waals surface area contributed by atoms with Crippen molar-refractivity contribution in [2.24, 2.45) is 10.7 Å². The van der Waals surface area contributed by atoms with Crippen LogP contribution in [0.4, 0.5) is 0 Å². The summed E-state index contributed by atoms with van der Waals surface area (Å²) in [6, 6.07) is 0. The van der Waals surface area contributed by atoms with Crippen molar-refractivity contribution in [2.75, 3.05) is 37.5 Å². The maximum atomic E-state index is 10.2. The molecule has 24 heavy (non-hydrogen) atoms. The van der Waals surface area contributed by atoms with Crippen LogP contribution in [-0.4, -0.2) is 84.3 Å². The molecule has 5 atom stereocenters. The Hall–Kier alpha value is -0.0300. The largest absolute Gasteiger partial charge is 0.388 e. The number of aliphatic imine (C=N–C) groups is 1. The predicted octanol–water partition coefficient (Wildman–Crippen LogP) is 0.285. The summed E-state index contributed by atoms with van der Waals surface area (Å²) in [5, 5.41) is 20.3. The summed E-state index contributed by atoms with van der Waals surface area (Å²) in [5.41, 5.74) is 5.56. The van der Waals surface area contributed by atoms with E-state index in [9.17, 15) is 10.2 Å². The lowest BCUT2D eigenvalue weighted by Gasteiger charge is -2.41. The van der Waals surface area contributed by atoms with Gasteiger partial charge in [0.25, 0.3) is 0 Å². The number of rotatable bonds is 11. The molecule has 1 aliphatic rings. The summed E-state index contributed by atoms with van der Waals surface area (Å²) in [6.45, 7) is 3.03. The second kappa shape index (κ2) is 12.3. The van der Waals surface area contributed by atoms with Crippen LogP contribution in [0.15, 0.2) is 4.99 Å². The molecule has 7 nitrogen and oxygen atoms in total. The zero-order valence-electron chi connectivity index (χ0n) is 14.3. The quantitative estimate of drug-likeness (QED) is 0.176. The van der Waals surface area contributed by atoms with E-state index in [1.807, 2.05) is 6.92 Å². The number of aliphatic hydroxyl groups is 2. The number of amidine groups is 1. The fourth-order valence-corrected chi connectivity index (χ4v) is 3.24. The van der Waals surface area contributed by atoms with Gasteiger partial charge in [-0.15, -0.1) is 0 Å². The van der Waals surface area contributed by atoms with Gasteiger partial charge in [0.05, 0.1) is 6.10 Å². The van der Waals surface area contributed by atoms with Crippen molar-refractivity contribution >= 4 is 30.2 Å². The first-order chi connectivity index (χ1) is 11.5. The molecule has 0 aliphatic carbocycles. The molecule has 1 heterocycles. The van der Waals surface area contributed by atoms with Gasteiger partial charge in [-0.05, 0) is 18.6 Å². The Morgan fingerprint density at radius 3 is 2.71 bits per heavy atom. The van der Waals surface area contributed by atoms with Gasteiger partial charge in [-0.2, -0.15) is 24.4 Å². The maximum absolute atomic E-state index is 10.2. The van der Waals surface area contributed by atoms with Crippen molar-refractivity contribution in [1.82, 2.24) is 0 Å². The Bertz CT molecular complexity index is 374. The number of thiol groups is 1. The molecule has 0 aromatic rings. The zero-order chi connectivity index (χ0) is 17.9. The van der Waals surface area contributed by atoms with Crippen LogP contribution < -0.4 is 5.73 Å². The van der Waals surface area contributed by atoms with Crippen molar-refractivity contribution in [3.8, 4) is 0 Å². The number of nitrogens with zero attached hydrogens (tertiary/aromatic N) is 1. The Balaban J connectivity index is 2.23. The van der Waals surface area contributed by atoms with E-state index in [1.54, 1.807) is 11.8 Å². The third-order valence-corrected chi connectivity index (χ3v) is 5.11. The number of nitrogens with two attached hydrogens (primary N) is 1. The van der Waals surface area contributed by atoms with Gasteiger partial charge in [0.2, 0.25) is 0 Å². The minimum Gasteiger partial charge on any atom is -0.388 e. The molecule has 142 valence electrons. The van der Waals surface area contributed by atoms with Crippen LogP contribution >= 0.6 is 24.4 Å². The van der Waals surface area contributed by atoms with Gasteiger partial charge < -0.3 is 30.2 Å². The van der Waals surface area contributed by atoms with E-state index in [0.717, 1.165) is 17.9 Å². The Labute approximate surface area is 153 Å². The summed E-state index contributed by atoms with van der Waals surface area (Å²) in [7, 11) is 1.51. The van der Waals surface area contributed by atoms with Crippen molar-refractivity contribution in [1.29, 1.82) is 0 Å². The number of aliphatic hydroxyl groups excluding tert-OH is 2. The average Bonchev–Trinajstić information content (AvgIpc) is 2.60. The van der Waals surface area contributed by atoms with Gasteiger partial charge in [-0.25, -0.2) is 0 Å². The van der Waals surface area contributed by atoms with E-state index >= 15 is 0 Å². The number of thioether (sulfide) groups is 1. The molecular formula is C15H30N2O5S2. The Morgan fingerprint density at radius 2 is 2.08 bits per heavy atom. The number of ether oxygens (including phenoxy) is 3. The van der Waals surface area contributed by atoms with E-state index in [4.69, 9.17) is 19.9 Å². The van der Waals surface area contributed by atoms with Crippen LogP contribution in [-0.2, 0) is 14.2 Å². The summed E-state index contributed by atoms with van der Waals surface area (Å²) >= 11 is 5.80. The van der Waals surface area contributed by atoms with E-state index in [0.29, 0.717) is 31.2 Å². The second-order valence-electron chi connectivity index (χ2n) is 5.50. The standard InChI is InChI=1S/C15H30N2O5S2/c1-3-10-12(18)13(19)14(15(20-2)22-10)21-6-4-7-24-8-5-17-11(16)9-23/h10,12-15,18-19,23H,3-9H2,1-2H3,(H2,16,17)/t10?,12-,13?,14?,15-/m1/s1. The third-order valence-electron chi connectivity index (χ3n) is 3.74. The zero-order valence-corrected chi connectivity index (χ0v) is 16.0. The molecule has 0 spiro atoms. The monoisotopic (exact) mass is 382 g/mol. The molecule has 0 radical (unpaired) electrons. The number of hydrogen-bond acceptors (Lipinski definition) is 8. The SMILES string of the molecule is CCC1O[C@@H](OC)C(OCCCSCCN=C(N)CS)C(O)[C@@H]1O. The van der Waals surface area contributed by atoms with E-state index in [2.05, 4.69) is 17.6 Å². The van der Waals surface area contributed by atoms with Crippen molar-refractivity contribution in [3.05, 3.63) is 0 Å². The molecule has 3 unspecified atom stereocenters. The first-order valence-corrected chi connectivity index (χ1v) is 9.97. The van der Waals surface area contributed by atoms with E-state index in [-0.39, 0.29) is 0 Å². The van der Waals surface area contributed by atoms with Crippen LogP contribution in [0.3, 0.4) is 0 Å².